The van der Waals surface area contributed by atoms with Crippen molar-refractivity contribution >= 4 is 11.8 Å². The Morgan fingerprint density at radius 2 is 2.25 bits per heavy atom. The topological polar surface area (TPSA) is 67.9 Å². The fraction of sp³-hybridized carbons (Fsp3) is 0.800. The summed E-state index contributed by atoms with van der Waals surface area (Å²) in [6, 6.07) is 0. The number of rotatable bonds is 1. The number of ether oxygens (including phenoxy) is 2. The average Bonchev–Trinajstić information content (AvgIpc) is 2.54. The van der Waals surface area contributed by atoms with Gasteiger partial charge in [0.05, 0.1) is 19.8 Å². The first-order valence-corrected chi connectivity index (χ1v) is 5.52. The van der Waals surface area contributed by atoms with Gasteiger partial charge in [-0.3, -0.25) is 9.59 Å². The molecule has 6 nitrogen and oxygen atoms in total. The number of carbonyl (C=O) groups is 2. The normalized spacial score (nSPS) is 27.1. The van der Waals surface area contributed by atoms with E-state index in [0.717, 1.165) is 0 Å². The summed E-state index contributed by atoms with van der Waals surface area (Å²) in [4.78, 5) is 24.8. The first kappa shape index (κ1) is 11.3. The van der Waals surface area contributed by atoms with Gasteiger partial charge in [-0.25, -0.2) is 0 Å². The minimum absolute atomic E-state index is 0.00360. The average molecular weight is 228 g/mol. The largest absolute Gasteiger partial charge is 0.376 e. The lowest BCUT2D eigenvalue weighted by atomic mass is 10.2. The van der Waals surface area contributed by atoms with Gasteiger partial charge in [0.15, 0.2) is 6.10 Å². The Balaban J connectivity index is 1.89. The van der Waals surface area contributed by atoms with Crippen LogP contribution in [0.15, 0.2) is 0 Å². The summed E-state index contributed by atoms with van der Waals surface area (Å²) in [5, 5.41) is 2.73. The van der Waals surface area contributed by atoms with E-state index < -0.39 is 6.10 Å². The van der Waals surface area contributed by atoms with Crippen LogP contribution < -0.4 is 5.32 Å². The first-order valence-electron chi connectivity index (χ1n) is 5.52. The minimum atomic E-state index is -0.498. The van der Waals surface area contributed by atoms with Crippen molar-refractivity contribution in [3.05, 3.63) is 0 Å². The van der Waals surface area contributed by atoms with E-state index in [1.165, 1.54) is 0 Å². The predicted octanol–water partition coefficient (Wildman–Crippen LogP) is -1.25. The SMILES string of the molecule is O=C1CCN(C(=O)C2COCCO2)CCN1. The number of nitrogens with zero attached hydrogens (tertiary/aromatic N) is 1. The maximum absolute atomic E-state index is 12.0. The molecule has 0 bridgehead atoms. The van der Waals surface area contributed by atoms with Crippen molar-refractivity contribution in [3.8, 4) is 0 Å². The van der Waals surface area contributed by atoms with Crippen molar-refractivity contribution in [2.75, 3.05) is 39.5 Å². The van der Waals surface area contributed by atoms with Gasteiger partial charge in [-0.1, -0.05) is 0 Å². The van der Waals surface area contributed by atoms with Crippen molar-refractivity contribution in [1.82, 2.24) is 10.2 Å². The Morgan fingerprint density at radius 1 is 1.38 bits per heavy atom. The summed E-state index contributed by atoms with van der Waals surface area (Å²) < 4.78 is 10.5. The number of carbonyl (C=O) groups excluding carboxylic acids is 2. The van der Waals surface area contributed by atoms with Gasteiger partial charge in [0.1, 0.15) is 0 Å². The number of hydrogen-bond acceptors (Lipinski definition) is 4. The molecule has 2 aliphatic heterocycles. The molecular formula is C10H16N2O4. The smallest absolute Gasteiger partial charge is 0.254 e. The van der Waals surface area contributed by atoms with Crippen LogP contribution in [-0.4, -0.2) is 62.3 Å². The maximum atomic E-state index is 12.0. The van der Waals surface area contributed by atoms with Gasteiger partial charge in [0, 0.05) is 26.1 Å². The molecule has 1 atom stereocenters. The molecule has 2 amide bonds. The van der Waals surface area contributed by atoms with Gasteiger partial charge >= 0.3 is 0 Å². The molecule has 0 aromatic carbocycles. The molecule has 16 heavy (non-hydrogen) atoms. The van der Waals surface area contributed by atoms with Crippen molar-refractivity contribution < 1.29 is 19.1 Å². The third-order valence-electron chi connectivity index (χ3n) is 2.72. The molecule has 0 aromatic heterocycles. The summed E-state index contributed by atoms with van der Waals surface area (Å²) in [5.74, 6) is -0.0766. The second kappa shape index (κ2) is 5.27. The Labute approximate surface area is 93.9 Å². The molecule has 2 aliphatic rings. The predicted molar refractivity (Wildman–Crippen MR) is 54.8 cm³/mol. The molecule has 2 fully saturated rings. The monoisotopic (exact) mass is 228 g/mol. The van der Waals surface area contributed by atoms with Crippen LogP contribution in [0, 0.1) is 0 Å². The van der Waals surface area contributed by atoms with Crippen LogP contribution in [0.5, 0.6) is 0 Å². The number of nitrogens with one attached hydrogen (secondary N) is 1. The van der Waals surface area contributed by atoms with E-state index in [2.05, 4.69) is 5.32 Å². The zero-order valence-electron chi connectivity index (χ0n) is 9.11. The molecule has 90 valence electrons. The van der Waals surface area contributed by atoms with Crippen LogP contribution in [0.25, 0.3) is 0 Å². The molecule has 1 unspecified atom stereocenters. The van der Waals surface area contributed by atoms with Gasteiger partial charge in [0.25, 0.3) is 5.91 Å². The summed E-state index contributed by atoms with van der Waals surface area (Å²) in [7, 11) is 0. The van der Waals surface area contributed by atoms with Gasteiger partial charge in [-0.15, -0.1) is 0 Å². The highest BCUT2D eigenvalue weighted by molar-refractivity contribution is 5.83. The standard InChI is InChI=1S/C10H16N2O4/c13-9-1-3-12(4-2-11-9)10(14)8-7-15-5-6-16-8/h8H,1-7H2,(H,11,13). The molecule has 0 aromatic rings. The van der Waals surface area contributed by atoms with Crippen LogP contribution in [-0.2, 0) is 19.1 Å². The van der Waals surface area contributed by atoms with E-state index >= 15 is 0 Å². The molecule has 0 saturated carbocycles. The molecule has 0 radical (unpaired) electrons. The Kier molecular flexibility index (Phi) is 3.74. The first-order chi connectivity index (χ1) is 7.77. The molecule has 1 N–H and O–H groups in total. The Hall–Kier alpha value is -1.14. The van der Waals surface area contributed by atoms with E-state index in [4.69, 9.17) is 9.47 Å². The fourth-order valence-corrected chi connectivity index (χ4v) is 1.82. The molecule has 2 heterocycles. The summed E-state index contributed by atoms with van der Waals surface area (Å²) in [6.07, 6.45) is -0.138. The molecular weight excluding hydrogens is 212 g/mol. The van der Waals surface area contributed by atoms with E-state index in [1.54, 1.807) is 4.90 Å². The Bertz CT molecular complexity index is 276. The summed E-state index contributed by atoms with van der Waals surface area (Å²) in [6.45, 7) is 2.84. The highest BCUT2D eigenvalue weighted by Crippen LogP contribution is 2.07. The van der Waals surface area contributed by atoms with Crippen LogP contribution in [0.3, 0.4) is 0 Å². The minimum Gasteiger partial charge on any atom is -0.376 e. The zero-order chi connectivity index (χ0) is 11.4. The lowest BCUT2D eigenvalue weighted by Gasteiger charge is -2.28. The summed E-state index contributed by atoms with van der Waals surface area (Å²) in [5.41, 5.74) is 0. The lowest BCUT2D eigenvalue weighted by Crippen LogP contribution is -2.46. The molecule has 0 aliphatic carbocycles. The van der Waals surface area contributed by atoms with E-state index in [-0.39, 0.29) is 11.8 Å². The van der Waals surface area contributed by atoms with Gasteiger partial charge < -0.3 is 19.7 Å². The van der Waals surface area contributed by atoms with Gasteiger partial charge in [0.2, 0.25) is 5.91 Å². The van der Waals surface area contributed by atoms with E-state index in [0.29, 0.717) is 45.9 Å². The van der Waals surface area contributed by atoms with Crippen LogP contribution >= 0.6 is 0 Å². The van der Waals surface area contributed by atoms with Crippen molar-refractivity contribution in [1.29, 1.82) is 0 Å². The van der Waals surface area contributed by atoms with Crippen LogP contribution in [0.4, 0.5) is 0 Å². The molecule has 2 saturated heterocycles. The van der Waals surface area contributed by atoms with Gasteiger partial charge in [-0.2, -0.15) is 0 Å². The molecule has 0 spiro atoms. The quantitative estimate of drug-likeness (QED) is 0.609. The van der Waals surface area contributed by atoms with Crippen molar-refractivity contribution in [2.24, 2.45) is 0 Å². The van der Waals surface area contributed by atoms with Crippen LogP contribution in [0.1, 0.15) is 6.42 Å². The molecule has 6 heteroatoms. The second-order valence-corrected chi connectivity index (χ2v) is 3.86. The number of hydrogen-bond donors (Lipinski definition) is 1. The number of amides is 2. The molecule has 2 rings (SSSR count). The van der Waals surface area contributed by atoms with E-state index in [9.17, 15) is 9.59 Å². The van der Waals surface area contributed by atoms with E-state index in [1.807, 2.05) is 0 Å². The summed E-state index contributed by atoms with van der Waals surface area (Å²) >= 11 is 0. The van der Waals surface area contributed by atoms with Crippen molar-refractivity contribution in [3.63, 3.8) is 0 Å². The maximum Gasteiger partial charge on any atom is 0.254 e. The van der Waals surface area contributed by atoms with Gasteiger partial charge in [-0.05, 0) is 0 Å². The highest BCUT2D eigenvalue weighted by Gasteiger charge is 2.28. The second-order valence-electron chi connectivity index (χ2n) is 3.86. The fourth-order valence-electron chi connectivity index (χ4n) is 1.82. The highest BCUT2D eigenvalue weighted by atomic mass is 16.6. The zero-order valence-corrected chi connectivity index (χ0v) is 9.11. The van der Waals surface area contributed by atoms with Crippen molar-refractivity contribution in [2.45, 2.75) is 12.5 Å². The van der Waals surface area contributed by atoms with Crippen LogP contribution in [0.2, 0.25) is 0 Å². The third-order valence-corrected chi connectivity index (χ3v) is 2.72. The third kappa shape index (κ3) is 2.70. The lowest BCUT2D eigenvalue weighted by molar-refractivity contribution is -0.157. The Morgan fingerprint density at radius 3 is 3.00 bits per heavy atom.